The van der Waals surface area contributed by atoms with Crippen LogP contribution in [0.25, 0.3) is 11.2 Å². The van der Waals surface area contributed by atoms with Crippen LogP contribution in [0.5, 0.6) is 0 Å². The number of alkyl carbamates (subject to hydrolysis) is 1. The zero-order chi connectivity index (χ0) is 33.0. The zero-order valence-electron chi connectivity index (χ0n) is 21.7. The fraction of sp³-hybridized carbons (Fsp3) is 0.562. The maximum Gasteiger partial charge on any atom is 0.407 e. The molecule has 0 saturated carbocycles. The molecule has 3 rings (SSSR count). The first-order valence-electron chi connectivity index (χ1n) is 11.7. The topological polar surface area (TPSA) is 384 Å². The molecular weight excluding hydrogens is 685 g/mol. The SMILES string of the molecule is Nc1nc(=S)c2ncn([C@@H]3O[C@H](COP(=O)([O-])OP(=O)([O-])OP(=O)([O-])O)C(O)[C@@H]3OC(=O)NCCNC(=O)C(N)CO)c2[nH]1. The molecule has 1 fully saturated rings. The fourth-order valence-electron chi connectivity index (χ4n) is 3.53. The third-order valence-corrected chi connectivity index (χ3v) is 9.30. The summed E-state index contributed by atoms with van der Waals surface area (Å²) in [4.78, 5) is 77.2. The van der Waals surface area contributed by atoms with E-state index >= 15 is 0 Å². The van der Waals surface area contributed by atoms with Gasteiger partial charge in [-0.05, 0) is 0 Å². The number of amides is 2. The van der Waals surface area contributed by atoms with E-state index in [0.717, 1.165) is 10.9 Å². The number of phosphoric acid groups is 3. The Morgan fingerprint density at radius 3 is 2.50 bits per heavy atom. The first-order chi connectivity index (χ1) is 20.3. The predicted octanol–water partition coefficient (Wildman–Crippen LogP) is -4.69. The lowest BCUT2D eigenvalue weighted by Gasteiger charge is -2.33. The minimum Gasteiger partial charge on any atom is -0.756 e. The Balaban J connectivity index is 1.77. The quantitative estimate of drug-likeness (QED) is 0.0519. The number of hydrogen-bond acceptors (Lipinski definition) is 20. The van der Waals surface area contributed by atoms with Crippen LogP contribution in [0.3, 0.4) is 0 Å². The molecule has 1 aliphatic rings. The summed E-state index contributed by atoms with van der Waals surface area (Å²) >= 11 is 5.10. The van der Waals surface area contributed by atoms with Crippen LogP contribution in [0.4, 0.5) is 10.7 Å². The van der Waals surface area contributed by atoms with E-state index in [2.05, 4.69) is 38.7 Å². The highest BCUT2D eigenvalue weighted by Gasteiger charge is 2.48. The van der Waals surface area contributed by atoms with Crippen molar-refractivity contribution in [3.63, 3.8) is 0 Å². The highest BCUT2D eigenvalue weighted by Crippen LogP contribution is 2.61. The molecule has 5 unspecified atom stereocenters. The summed E-state index contributed by atoms with van der Waals surface area (Å²) in [6.45, 7) is -2.18. The molecule has 2 aromatic heterocycles. The number of imidazole rings is 1. The maximum absolute atomic E-state index is 12.5. The summed E-state index contributed by atoms with van der Waals surface area (Å²) < 4.78 is 57.1. The summed E-state index contributed by atoms with van der Waals surface area (Å²) in [5.41, 5.74) is 11.2. The Kier molecular flexibility index (Phi) is 11.7. The van der Waals surface area contributed by atoms with Gasteiger partial charge in [0.1, 0.15) is 29.4 Å². The second kappa shape index (κ2) is 14.3. The summed E-state index contributed by atoms with van der Waals surface area (Å²) in [5.74, 6) is -0.874. The third kappa shape index (κ3) is 9.78. The summed E-state index contributed by atoms with van der Waals surface area (Å²) in [6.07, 6.45) is -6.84. The van der Waals surface area contributed by atoms with Crippen LogP contribution < -0.4 is 36.8 Å². The van der Waals surface area contributed by atoms with E-state index in [4.69, 9.17) is 43.2 Å². The Bertz CT molecular complexity index is 1570. The number of nitrogens with zero attached hydrogens (tertiary/aromatic N) is 3. The molecule has 8 atom stereocenters. The van der Waals surface area contributed by atoms with E-state index in [9.17, 15) is 43.1 Å². The van der Waals surface area contributed by atoms with Crippen LogP contribution in [0.15, 0.2) is 6.33 Å². The van der Waals surface area contributed by atoms with Gasteiger partial charge in [-0.1, -0.05) is 12.2 Å². The van der Waals surface area contributed by atoms with E-state index < -0.39 is 79.3 Å². The first kappa shape index (κ1) is 36.0. The van der Waals surface area contributed by atoms with Crippen molar-refractivity contribution in [1.29, 1.82) is 0 Å². The van der Waals surface area contributed by atoms with E-state index in [1.165, 1.54) is 0 Å². The molecule has 2 aromatic rings. The van der Waals surface area contributed by atoms with Crippen LogP contribution in [-0.4, -0.2) is 97.3 Å². The van der Waals surface area contributed by atoms with Crippen LogP contribution in [0.2, 0.25) is 0 Å². The Hall–Kier alpha value is -2.44. The predicted molar refractivity (Wildman–Crippen MR) is 137 cm³/mol. The fourth-order valence-corrected chi connectivity index (χ4v) is 6.68. The van der Waals surface area contributed by atoms with Gasteiger partial charge in [-0.15, -0.1) is 0 Å². The lowest BCUT2D eigenvalue weighted by Crippen LogP contribution is -2.46. The highest BCUT2D eigenvalue weighted by molar-refractivity contribution is 7.71. The number of fused-ring (bicyclic) bond motifs is 1. The molecule has 0 spiro atoms. The lowest BCUT2D eigenvalue weighted by molar-refractivity contribution is -0.250. The molecule has 0 aliphatic carbocycles. The number of carbonyl (C=O) groups is 2. The molecule has 44 heavy (non-hydrogen) atoms. The number of nitrogen functional groups attached to an aromatic ring is 1. The van der Waals surface area contributed by atoms with Crippen molar-refractivity contribution in [1.82, 2.24) is 30.2 Å². The summed E-state index contributed by atoms with van der Waals surface area (Å²) in [6, 6.07) is -1.19. The van der Waals surface area contributed by atoms with Gasteiger partial charge < -0.3 is 70.9 Å². The van der Waals surface area contributed by atoms with Gasteiger partial charge in [0.25, 0.3) is 23.5 Å². The Morgan fingerprint density at radius 1 is 1.20 bits per heavy atom. The van der Waals surface area contributed by atoms with Gasteiger partial charge >= 0.3 is 6.09 Å². The zero-order valence-corrected chi connectivity index (χ0v) is 25.2. The number of nitrogens with two attached hydrogens (primary N) is 2. The van der Waals surface area contributed by atoms with Crippen LogP contribution in [0, 0.1) is 4.64 Å². The van der Waals surface area contributed by atoms with Crippen LogP contribution in [-0.2, 0) is 41.1 Å². The standard InChI is InChI=1S/C16H27N8O16P3S/c17-6(3-25)12(27)19-1-2-20-16(28)38-10-9(26)7(4-36-42(32,33)40-43(34,35)39-41(29,30)31)37-14(10)24-5-21-8-11(24)22-15(18)23-13(8)44/h5-7,9-10,14,25-26H,1-4,17H2,(H,19,27)(H,20,28)(H,32,33)(H,34,35)(H2,29,30,31)(H3,18,22,23,44)/p-3/t6?,7-,9?,10+,14-/m1/s1. The number of carbonyl (C=O) groups excluding carboxylic acids is 2. The van der Waals surface area contributed by atoms with Gasteiger partial charge in [0.2, 0.25) is 5.91 Å². The number of nitrogens with one attached hydrogen (secondary N) is 3. The second-order valence-corrected chi connectivity index (χ2v) is 13.2. The number of ether oxygens (including phenoxy) is 2. The Morgan fingerprint density at radius 2 is 1.86 bits per heavy atom. The van der Waals surface area contributed by atoms with Crippen molar-refractivity contribution in [3.8, 4) is 0 Å². The molecule has 0 aromatic carbocycles. The normalized spacial score (nSPS) is 25.0. The van der Waals surface area contributed by atoms with Crippen molar-refractivity contribution in [3.05, 3.63) is 11.0 Å². The molecule has 2 amide bonds. The largest absolute Gasteiger partial charge is 0.756 e. The smallest absolute Gasteiger partial charge is 0.407 e. The maximum atomic E-state index is 12.5. The van der Waals surface area contributed by atoms with Crippen molar-refractivity contribution < 1.29 is 75.7 Å². The van der Waals surface area contributed by atoms with Crippen molar-refractivity contribution in [2.24, 2.45) is 5.73 Å². The van der Waals surface area contributed by atoms with E-state index in [0.29, 0.717) is 0 Å². The highest BCUT2D eigenvalue weighted by atomic mass is 32.1. The number of aliphatic hydroxyl groups is 2. The molecule has 0 radical (unpaired) electrons. The van der Waals surface area contributed by atoms with E-state index in [1.807, 2.05) is 0 Å². The number of phosphoric ester groups is 1. The molecule has 0 bridgehead atoms. The Labute approximate surface area is 250 Å². The van der Waals surface area contributed by atoms with Crippen LogP contribution in [0.1, 0.15) is 6.23 Å². The molecule has 10 N–H and O–H groups in total. The van der Waals surface area contributed by atoms with Crippen molar-refractivity contribution >= 4 is 64.8 Å². The molecule has 1 aliphatic heterocycles. The van der Waals surface area contributed by atoms with E-state index in [-0.39, 0.29) is 34.8 Å². The third-order valence-electron chi connectivity index (χ3n) is 5.32. The van der Waals surface area contributed by atoms with Crippen LogP contribution >= 0.6 is 35.7 Å². The van der Waals surface area contributed by atoms with Gasteiger partial charge in [-0.3, -0.25) is 23.1 Å². The monoisotopic (exact) mass is 709 g/mol. The van der Waals surface area contributed by atoms with Crippen molar-refractivity contribution in [2.75, 3.05) is 32.0 Å². The average molecular weight is 709 g/mol. The lowest BCUT2D eigenvalue weighted by atomic mass is 10.1. The number of aliphatic hydroxyl groups excluding tert-OH is 2. The molecular formula is C16H24N8O16P3S-3. The second-order valence-electron chi connectivity index (χ2n) is 8.53. The van der Waals surface area contributed by atoms with E-state index in [1.54, 1.807) is 0 Å². The number of anilines is 1. The molecule has 24 nitrogen and oxygen atoms in total. The van der Waals surface area contributed by atoms with Gasteiger partial charge in [-0.2, -0.15) is 0 Å². The minimum atomic E-state index is -6.21. The van der Waals surface area contributed by atoms with Gasteiger partial charge in [0.05, 0.1) is 19.5 Å². The molecule has 3 heterocycles. The number of aromatic nitrogens is 4. The van der Waals surface area contributed by atoms with Crippen molar-refractivity contribution in [2.45, 2.75) is 30.6 Å². The molecule has 248 valence electrons. The number of aromatic amines is 1. The van der Waals surface area contributed by atoms with Gasteiger partial charge in [0.15, 0.2) is 22.9 Å². The van der Waals surface area contributed by atoms with Gasteiger partial charge in [0, 0.05) is 13.1 Å². The number of rotatable bonds is 14. The van der Waals surface area contributed by atoms with Gasteiger partial charge in [-0.25, -0.2) is 23.4 Å². The summed E-state index contributed by atoms with van der Waals surface area (Å²) in [5, 5.41) is 24.3. The molecule has 1 saturated heterocycles. The molecule has 28 heteroatoms. The average Bonchev–Trinajstić information content (AvgIpc) is 3.43. The summed E-state index contributed by atoms with van der Waals surface area (Å²) in [7, 11) is -18.1. The number of hydrogen-bond donors (Lipinski definition) is 8. The first-order valence-corrected chi connectivity index (χ1v) is 16.5. The number of H-pyrrole nitrogens is 1. The minimum absolute atomic E-state index is 0.0502.